The van der Waals surface area contributed by atoms with Crippen molar-refractivity contribution in [1.29, 1.82) is 0 Å². The Morgan fingerprint density at radius 2 is 1.92 bits per heavy atom. The maximum atomic E-state index is 14.2. The van der Waals surface area contributed by atoms with E-state index in [2.05, 4.69) is 5.09 Å². The van der Waals surface area contributed by atoms with E-state index in [4.69, 9.17) is 30.1 Å². The lowest BCUT2D eigenvalue weighted by molar-refractivity contribution is -0.149. The minimum Gasteiger partial charge on any atom is -0.462 e. The molecule has 2 aromatic rings. The third-order valence-electron chi connectivity index (χ3n) is 5.67. The van der Waals surface area contributed by atoms with Gasteiger partial charge in [0.2, 0.25) is 5.82 Å². The second-order valence-corrected chi connectivity index (χ2v) is 11.5. The van der Waals surface area contributed by atoms with Crippen LogP contribution in [0.15, 0.2) is 46.1 Å². The summed E-state index contributed by atoms with van der Waals surface area (Å²) in [6, 6.07) is 6.63. The number of ether oxygens (including phenoxy) is 2. The van der Waals surface area contributed by atoms with Gasteiger partial charge in [0.05, 0.1) is 18.4 Å². The van der Waals surface area contributed by atoms with Gasteiger partial charge in [-0.05, 0) is 39.8 Å². The summed E-state index contributed by atoms with van der Waals surface area (Å²) < 4.78 is 64.4. The number of carbonyl (C=O) groups is 1. The Morgan fingerprint density at radius 1 is 1.28 bits per heavy atom. The molecule has 2 heterocycles. The van der Waals surface area contributed by atoms with Crippen molar-refractivity contribution in [1.82, 2.24) is 14.6 Å². The standard InChI is InChI=1S/C23H29ClF2N3O9P/c1-12(2)35-20(32)13(3)28-39(34,38-15-8-6-5-7-9-15)37-14(4)17-18(30)23(24,11-25)21(36-17)29-10-16(26)19(31)27-22(29)33/h5-10,12-14,17-18,21,30H,11H2,1-4H3,(H,28,34)(H,27,31,33)/t13-,14+,17+,18?,21+,23+,39+/m0/s1. The number of aromatic nitrogens is 2. The van der Waals surface area contributed by atoms with E-state index in [-0.39, 0.29) is 5.75 Å². The second-order valence-electron chi connectivity index (χ2n) is 9.15. The van der Waals surface area contributed by atoms with Crippen LogP contribution in [-0.4, -0.2) is 62.6 Å². The number of esters is 1. The highest BCUT2D eigenvalue weighted by atomic mass is 35.5. The summed E-state index contributed by atoms with van der Waals surface area (Å²) in [5.41, 5.74) is -2.50. The van der Waals surface area contributed by atoms with Crippen molar-refractivity contribution in [3.63, 3.8) is 0 Å². The number of aromatic amines is 1. The van der Waals surface area contributed by atoms with E-state index in [1.165, 1.54) is 26.0 Å². The molecule has 1 aliphatic heterocycles. The zero-order valence-corrected chi connectivity index (χ0v) is 23.0. The van der Waals surface area contributed by atoms with Crippen molar-refractivity contribution < 1.29 is 41.8 Å². The topological polar surface area (TPSA) is 158 Å². The summed E-state index contributed by atoms with van der Waals surface area (Å²) in [5, 5.41) is 13.4. The molecule has 1 aliphatic rings. The van der Waals surface area contributed by atoms with Crippen molar-refractivity contribution in [2.45, 2.75) is 69.3 Å². The number of aliphatic hydroxyl groups excluding tert-OH is 1. The minimum atomic E-state index is -4.45. The third-order valence-corrected chi connectivity index (χ3v) is 7.95. The molecule has 1 aromatic carbocycles. The molecule has 12 nitrogen and oxygen atoms in total. The van der Waals surface area contributed by atoms with E-state index in [1.54, 1.807) is 37.0 Å². The molecule has 0 radical (unpaired) electrons. The van der Waals surface area contributed by atoms with E-state index in [9.17, 15) is 32.8 Å². The average molecular weight is 596 g/mol. The first-order valence-electron chi connectivity index (χ1n) is 11.8. The zero-order chi connectivity index (χ0) is 29.1. The highest BCUT2D eigenvalue weighted by Gasteiger charge is 2.59. The van der Waals surface area contributed by atoms with Crippen LogP contribution in [0, 0.1) is 5.82 Å². The predicted octanol–water partition coefficient (Wildman–Crippen LogP) is 2.40. The molecule has 3 N–H and O–H groups in total. The maximum Gasteiger partial charge on any atom is 0.459 e. The van der Waals surface area contributed by atoms with E-state index >= 15 is 0 Å². The first-order valence-corrected chi connectivity index (χ1v) is 13.7. The van der Waals surface area contributed by atoms with E-state index < -0.39 is 79.0 Å². The number of aliphatic hydroxyl groups is 1. The second kappa shape index (κ2) is 12.3. The summed E-state index contributed by atoms with van der Waals surface area (Å²) in [6.07, 6.45) is -6.62. The lowest BCUT2D eigenvalue weighted by Gasteiger charge is -2.30. The van der Waals surface area contributed by atoms with Gasteiger partial charge in [-0.2, -0.15) is 9.48 Å². The SMILES string of the molecule is CC(C)OC(=O)[C@H](C)N[P@](=O)(Oc1ccccc1)O[C@H](C)[C@H]1O[C@@H](n2cc(F)c(=O)[nH]c2=O)[C@@](Cl)(CF)C1O. The van der Waals surface area contributed by atoms with Crippen molar-refractivity contribution in [3.05, 3.63) is 63.2 Å². The number of rotatable bonds is 11. The molecule has 1 unspecified atom stereocenters. The molecule has 3 rings (SSSR count). The molecule has 216 valence electrons. The summed E-state index contributed by atoms with van der Waals surface area (Å²) >= 11 is 6.33. The van der Waals surface area contributed by atoms with Gasteiger partial charge in [-0.25, -0.2) is 13.8 Å². The minimum absolute atomic E-state index is 0.0986. The number of H-pyrrole nitrogens is 1. The summed E-state index contributed by atoms with van der Waals surface area (Å²) in [6.45, 7) is 4.45. The Bertz CT molecular complexity index is 1330. The van der Waals surface area contributed by atoms with Crippen LogP contribution in [0.5, 0.6) is 5.75 Å². The number of hydrogen-bond acceptors (Lipinski definition) is 9. The molecular formula is C23H29ClF2N3O9P. The molecule has 39 heavy (non-hydrogen) atoms. The van der Waals surface area contributed by atoms with E-state index in [0.29, 0.717) is 10.8 Å². The van der Waals surface area contributed by atoms with Crippen LogP contribution in [0.3, 0.4) is 0 Å². The number of nitrogens with one attached hydrogen (secondary N) is 2. The van der Waals surface area contributed by atoms with Crippen LogP contribution in [-0.2, 0) is 23.4 Å². The maximum absolute atomic E-state index is 14.2. The number of hydrogen-bond donors (Lipinski definition) is 3. The first kappa shape index (κ1) is 30.9. The molecule has 0 spiro atoms. The normalized spacial score (nSPS) is 26.1. The van der Waals surface area contributed by atoms with Gasteiger partial charge in [-0.1, -0.05) is 18.2 Å². The van der Waals surface area contributed by atoms with Crippen molar-refractivity contribution in [3.8, 4) is 5.75 Å². The molecule has 1 fully saturated rings. The van der Waals surface area contributed by atoms with Crippen molar-refractivity contribution in [2.24, 2.45) is 0 Å². The number of alkyl halides is 2. The van der Waals surface area contributed by atoms with Gasteiger partial charge in [-0.15, -0.1) is 11.6 Å². The Hall–Kier alpha value is -2.61. The van der Waals surface area contributed by atoms with Crippen molar-refractivity contribution >= 4 is 25.3 Å². The first-order chi connectivity index (χ1) is 18.2. The highest BCUT2D eigenvalue weighted by molar-refractivity contribution is 7.52. The highest BCUT2D eigenvalue weighted by Crippen LogP contribution is 2.50. The van der Waals surface area contributed by atoms with Crippen LogP contribution in [0.1, 0.15) is 33.9 Å². The summed E-state index contributed by atoms with van der Waals surface area (Å²) in [4.78, 5) is 35.5. The number of nitrogens with zero attached hydrogens (tertiary/aromatic N) is 1. The van der Waals surface area contributed by atoms with Gasteiger partial charge < -0.3 is 19.1 Å². The smallest absolute Gasteiger partial charge is 0.459 e. The van der Waals surface area contributed by atoms with Gasteiger partial charge in [0.25, 0.3) is 5.56 Å². The Balaban J connectivity index is 1.91. The largest absolute Gasteiger partial charge is 0.462 e. The molecule has 0 saturated carbocycles. The van der Waals surface area contributed by atoms with Gasteiger partial charge in [-0.3, -0.25) is 23.7 Å². The average Bonchev–Trinajstić information content (AvgIpc) is 3.12. The zero-order valence-electron chi connectivity index (χ0n) is 21.4. The summed E-state index contributed by atoms with van der Waals surface area (Å²) in [5.74, 6) is -2.04. The number of para-hydroxylation sites is 1. The molecule has 0 bridgehead atoms. The van der Waals surface area contributed by atoms with Crippen molar-refractivity contribution in [2.75, 3.05) is 6.67 Å². The molecular weight excluding hydrogens is 567 g/mol. The Kier molecular flexibility index (Phi) is 9.73. The van der Waals surface area contributed by atoms with Crippen LogP contribution in [0.4, 0.5) is 8.78 Å². The molecule has 1 aromatic heterocycles. The van der Waals surface area contributed by atoms with Crippen LogP contribution in [0.25, 0.3) is 0 Å². The molecule has 16 heteroatoms. The number of benzene rings is 1. The molecule has 1 saturated heterocycles. The van der Waals surface area contributed by atoms with Crippen LogP contribution >= 0.6 is 19.3 Å². The fraction of sp³-hybridized carbons (Fsp3) is 0.522. The molecule has 0 amide bonds. The fourth-order valence-corrected chi connectivity index (χ4v) is 5.78. The Labute approximate surface area is 226 Å². The van der Waals surface area contributed by atoms with E-state index in [1.807, 2.05) is 0 Å². The monoisotopic (exact) mass is 595 g/mol. The quantitative estimate of drug-likeness (QED) is 0.200. The van der Waals surface area contributed by atoms with Crippen LogP contribution < -0.4 is 20.9 Å². The lowest BCUT2D eigenvalue weighted by Crippen LogP contribution is -2.48. The summed E-state index contributed by atoms with van der Waals surface area (Å²) in [7, 11) is -4.45. The number of halogens is 3. The molecule has 7 atom stereocenters. The van der Waals surface area contributed by atoms with Gasteiger partial charge in [0, 0.05) is 0 Å². The third kappa shape index (κ3) is 6.94. The van der Waals surface area contributed by atoms with Gasteiger partial charge >= 0.3 is 19.4 Å². The lowest BCUT2D eigenvalue weighted by atomic mass is 9.97. The van der Waals surface area contributed by atoms with E-state index in [0.717, 1.165) is 0 Å². The van der Waals surface area contributed by atoms with Crippen LogP contribution in [0.2, 0.25) is 0 Å². The van der Waals surface area contributed by atoms with Gasteiger partial charge in [0.1, 0.15) is 35.5 Å². The number of carbonyl (C=O) groups excluding carboxylic acids is 1. The fourth-order valence-electron chi connectivity index (χ4n) is 3.80. The Morgan fingerprint density at radius 3 is 2.51 bits per heavy atom. The molecule has 0 aliphatic carbocycles. The van der Waals surface area contributed by atoms with Gasteiger partial charge in [0.15, 0.2) is 6.23 Å². The predicted molar refractivity (Wildman–Crippen MR) is 135 cm³/mol.